The molecule has 0 aromatic rings. The fourth-order valence-corrected chi connectivity index (χ4v) is 3.09. The van der Waals surface area contributed by atoms with Crippen LogP contribution in [0.4, 0.5) is 3.89 Å². The molecule has 90 valence electrons. The van der Waals surface area contributed by atoms with Gasteiger partial charge in [-0.25, -0.2) is 0 Å². The van der Waals surface area contributed by atoms with Gasteiger partial charge in [0.05, 0.1) is 4.75 Å². The maximum absolute atomic E-state index is 13.2. The summed E-state index contributed by atoms with van der Waals surface area (Å²) in [4.78, 5) is 0. The minimum absolute atomic E-state index is 0.0590. The molecule has 1 rings (SSSR count). The van der Waals surface area contributed by atoms with Crippen molar-refractivity contribution in [2.45, 2.75) is 58.1 Å². The van der Waals surface area contributed by atoms with E-state index in [1.54, 1.807) is 0 Å². The molecule has 0 spiro atoms. The zero-order valence-corrected chi connectivity index (χ0v) is 10.8. The molecule has 0 radical (unpaired) electrons. The lowest BCUT2D eigenvalue weighted by molar-refractivity contribution is 0.153. The summed E-state index contributed by atoms with van der Waals surface area (Å²) in [6.45, 7) is 7.27. The Morgan fingerprint density at radius 1 is 1.33 bits per heavy atom. The lowest BCUT2D eigenvalue weighted by Gasteiger charge is -2.41. The van der Waals surface area contributed by atoms with Crippen molar-refractivity contribution in [2.24, 2.45) is 11.3 Å². The van der Waals surface area contributed by atoms with Crippen LogP contribution >= 0.6 is 0 Å². The molecule has 1 saturated carbocycles. The Hall–Kier alpha value is -0.120. The smallest absolute Gasteiger partial charge is 0.194 e. The van der Waals surface area contributed by atoms with Crippen LogP contribution in [0.3, 0.4) is 0 Å². The van der Waals surface area contributed by atoms with Crippen molar-refractivity contribution in [3.05, 3.63) is 0 Å². The molecular weight excluding hydrogens is 215 g/mol. The van der Waals surface area contributed by atoms with E-state index in [2.05, 4.69) is 13.8 Å². The van der Waals surface area contributed by atoms with Gasteiger partial charge in [0.1, 0.15) is 0 Å². The van der Waals surface area contributed by atoms with Gasteiger partial charge >= 0.3 is 10.2 Å². The number of rotatable bonds is 2. The Morgan fingerprint density at radius 2 is 1.87 bits per heavy atom. The molecule has 0 saturated heterocycles. The molecular formula is C11H21FO2S. The summed E-state index contributed by atoms with van der Waals surface area (Å²) in [5, 5.41) is 0. The Morgan fingerprint density at radius 3 is 2.27 bits per heavy atom. The van der Waals surface area contributed by atoms with E-state index in [-0.39, 0.29) is 11.3 Å². The Labute approximate surface area is 92.5 Å². The predicted octanol–water partition coefficient (Wildman–Crippen LogP) is 3.28. The van der Waals surface area contributed by atoms with E-state index < -0.39 is 15.0 Å². The van der Waals surface area contributed by atoms with Gasteiger partial charge in [-0.05, 0) is 44.4 Å². The highest BCUT2D eigenvalue weighted by molar-refractivity contribution is 7.87. The van der Waals surface area contributed by atoms with E-state index in [0.29, 0.717) is 0 Å². The first-order valence-electron chi connectivity index (χ1n) is 5.50. The second-order valence-electron chi connectivity index (χ2n) is 6.00. The van der Waals surface area contributed by atoms with Crippen LogP contribution in [0.1, 0.15) is 53.4 Å². The molecule has 1 fully saturated rings. The SMILES string of the molecule is CC1(C)CCCC(C(C)(C)S(=O)(=O)F)C1. The van der Waals surface area contributed by atoms with Crippen LogP contribution in [-0.2, 0) is 10.2 Å². The van der Waals surface area contributed by atoms with E-state index in [1.165, 1.54) is 13.8 Å². The molecule has 1 aliphatic carbocycles. The molecule has 0 aromatic carbocycles. The molecule has 1 atom stereocenters. The number of halogens is 1. The summed E-state index contributed by atoms with van der Waals surface area (Å²) in [6, 6.07) is 0. The van der Waals surface area contributed by atoms with Gasteiger partial charge in [-0.1, -0.05) is 20.3 Å². The second-order valence-corrected chi connectivity index (χ2v) is 7.93. The number of hydrogen-bond acceptors (Lipinski definition) is 2. The molecule has 1 aliphatic rings. The van der Waals surface area contributed by atoms with Crippen LogP contribution in [-0.4, -0.2) is 13.2 Å². The lowest BCUT2D eigenvalue weighted by Crippen LogP contribution is -2.41. The van der Waals surface area contributed by atoms with E-state index in [1.807, 2.05) is 0 Å². The van der Waals surface area contributed by atoms with Crippen molar-refractivity contribution in [2.75, 3.05) is 0 Å². The first kappa shape index (κ1) is 12.9. The molecule has 2 nitrogen and oxygen atoms in total. The molecule has 15 heavy (non-hydrogen) atoms. The summed E-state index contributed by atoms with van der Waals surface area (Å²) >= 11 is 0. The Balaban J connectivity index is 2.89. The summed E-state index contributed by atoms with van der Waals surface area (Å²) < 4.78 is 34.1. The lowest BCUT2D eigenvalue weighted by atomic mass is 9.69. The van der Waals surface area contributed by atoms with Crippen LogP contribution in [0.25, 0.3) is 0 Å². The monoisotopic (exact) mass is 236 g/mol. The minimum atomic E-state index is -4.45. The summed E-state index contributed by atoms with van der Waals surface area (Å²) in [5.74, 6) is -0.0590. The van der Waals surface area contributed by atoms with Gasteiger partial charge in [-0.15, -0.1) is 3.89 Å². The quantitative estimate of drug-likeness (QED) is 0.689. The largest absolute Gasteiger partial charge is 0.307 e. The van der Waals surface area contributed by atoms with Gasteiger partial charge in [-0.3, -0.25) is 0 Å². The fraction of sp³-hybridized carbons (Fsp3) is 1.00. The molecule has 0 aliphatic heterocycles. The highest BCUT2D eigenvalue weighted by Crippen LogP contribution is 2.45. The maximum Gasteiger partial charge on any atom is 0.307 e. The van der Waals surface area contributed by atoms with Gasteiger partial charge in [-0.2, -0.15) is 8.42 Å². The van der Waals surface area contributed by atoms with Gasteiger partial charge in [0.15, 0.2) is 0 Å². The summed E-state index contributed by atoms with van der Waals surface area (Å²) in [7, 11) is -4.45. The van der Waals surface area contributed by atoms with Crippen LogP contribution in [0, 0.1) is 11.3 Å². The molecule has 0 aromatic heterocycles. The number of hydrogen-bond donors (Lipinski definition) is 0. The van der Waals surface area contributed by atoms with Gasteiger partial charge in [0, 0.05) is 0 Å². The predicted molar refractivity (Wildman–Crippen MR) is 59.8 cm³/mol. The first-order valence-corrected chi connectivity index (χ1v) is 6.89. The van der Waals surface area contributed by atoms with Crippen LogP contribution < -0.4 is 0 Å². The van der Waals surface area contributed by atoms with Crippen LogP contribution in [0.5, 0.6) is 0 Å². The summed E-state index contributed by atoms with van der Waals surface area (Å²) in [6.07, 6.45) is 3.71. The second kappa shape index (κ2) is 3.72. The third-order valence-electron chi connectivity index (χ3n) is 3.82. The normalized spacial score (nSPS) is 27.7. The molecule has 1 unspecified atom stereocenters. The standard InChI is InChI=1S/C11H21FO2S/c1-10(2)7-5-6-9(8-10)11(3,4)15(12,13)14/h9H,5-8H2,1-4H3. The zero-order valence-electron chi connectivity index (χ0n) is 10.0. The van der Waals surface area contributed by atoms with Gasteiger partial charge in [0.25, 0.3) is 0 Å². The summed E-state index contributed by atoms with van der Waals surface area (Å²) in [5.41, 5.74) is 0.144. The molecule has 0 bridgehead atoms. The van der Waals surface area contributed by atoms with Crippen LogP contribution in [0.15, 0.2) is 0 Å². The van der Waals surface area contributed by atoms with Gasteiger partial charge < -0.3 is 0 Å². The first-order chi connectivity index (χ1) is 6.56. The topological polar surface area (TPSA) is 34.1 Å². The molecule has 0 heterocycles. The van der Waals surface area contributed by atoms with Gasteiger partial charge in [0.2, 0.25) is 0 Å². The fourth-order valence-electron chi connectivity index (χ4n) is 2.49. The Kier molecular flexibility index (Phi) is 3.21. The third kappa shape index (κ3) is 2.71. The molecule has 4 heteroatoms. The average Bonchev–Trinajstić information content (AvgIpc) is 2.00. The average molecular weight is 236 g/mol. The van der Waals surface area contributed by atoms with Crippen molar-refractivity contribution >= 4 is 10.2 Å². The van der Waals surface area contributed by atoms with E-state index >= 15 is 0 Å². The van der Waals surface area contributed by atoms with Crippen molar-refractivity contribution in [1.82, 2.24) is 0 Å². The van der Waals surface area contributed by atoms with Crippen molar-refractivity contribution < 1.29 is 12.3 Å². The van der Waals surface area contributed by atoms with Crippen molar-refractivity contribution in [3.8, 4) is 0 Å². The van der Waals surface area contributed by atoms with E-state index in [9.17, 15) is 12.3 Å². The minimum Gasteiger partial charge on any atom is -0.194 e. The zero-order chi connectivity index (χ0) is 11.9. The maximum atomic E-state index is 13.2. The molecule has 0 N–H and O–H groups in total. The highest BCUT2D eigenvalue weighted by atomic mass is 32.3. The Bertz CT molecular complexity index is 330. The third-order valence-corrected chi connectivity index (χ3v) is 5.41. The van der Waals surface area contributed by atoms with Crippen LogP contribution in [0.2, 0.25) is 0 Å². The van der Waals surface area contributed by atoms with Crippen molar-refractivity contribution in [1.29, 1.82) is 0 Å². The van der Waals surface area contributed by atoms with E-state index in [4.69, 9.17) is 0 Å². The highest BCUT2D eigenvalue weighted by Gasteiger charge is 2.45. The van der Waals surface area contributed by atoms with E-state index in [0.717, 1.165) is 25.7 Å². The molecule has 0 amide bonds. The van der Waals surface area contributed by atoms with Crippen molar-refractivity contribution in [3.63, 3.8) is 0 Å².